The van der Waals surface area contributed by atoms with Crippen molar-refractivity contribution in [3.63, 3.8) is 0 Å². The van der Waals surface area contributed by atoms with Crippen LogP contribution in [0.1, 0.15) is 31.7 Å². The highest BCUT2D eigenvalue weighted by Crippen LogP contribution is 2.32. The topological polar surface area (TPSA) is 61.4 Å². The van der Waals surface area contributed by atoms with Gasteiger partial charge in [0.15, 0.2) is 0 Å². The summed E-state index contributed by atoms with van der Waals surface area (Å²) in [7, 11) is 0. The molecule has 2 heterocycles. The highest BCUT2D eigenvalue weighted by molar-refractivity contribution is 6.12. The van der Waals surface area contributed by atoms with Gasteiger partial charge in [-0.3, -0.25) is 4.84 Å². The van der Waals surface area contributed by atoms with Crippen molar-refractivity contribution in [2.45, 2.75) is 26.2 Å². The number of benzene rings is 3. The summed E-state index contributed by atoms with van der Waals surface area (Å²) < 4.78 is 3.54. The molecule has 0 bridgehead atoms. The maximum Gasteiger partial charge on any atom is 0.445 e. The molecule has 0 unspecified atom stereocenters. The van der Waals surface area contributed by atoms with E-state index < -0.39 is 6.09 Å². The van der Waals surface area contributed by atoms with E-state index in [-0.39, 0.29) is 0 Å². The zero-order valence-corrected chi connectivity index (χ0v) is 18.4. The molecule has 0 amide bonds. The number of rotatable bonds is 6. The number of aromatic nitrogens is 3. The quantitative estimate of drug-likeness (QED) is 0.172. The van der Waals surface area contributed by atoms with Crippen molar-refractivity contribution in [2.75, 3.05) is 0 Å². The molecule has 0 aliphatic carbocycles. The molecule has 5 rings (SSSR count). The standard InChI is InChI=1S/C27H24N4O2/c1-2-3-12-24(29-33-27(32)30-17-16-28-19-30)20-14-15-26-23(18-20)22-11-7-8-13-25(22)31(26)21-9-5-4-6-10-21/h4-11,13-19H,2-3,12H2,1H3. The third-order valence-electron chi connectivity index (χ3n) is 5.74. The second-order valence-electron chi connectivity index (χ2n) is 7.89. The first-order chi connectivity index (χ1) is 16.3. The average molecular weight is 437 g/mol. The molecule has 0 aliphatic rings. The third-order valence-corrected chi connectivity index (χ3v) is 5.74. The van der Waals surface area contributed by atoms with Gasteiger partial charge < -0.3 is 4.57 Å². The Morgan fingerprint density at radius 3 is 2.55 bits per heavy atom. The molecule has 33 heavy (non-hydrogen) atoms. The summed E-state index contributed by atoms with van der Waals surface area (Å²) in [6.45, 7) is 2.13. The Labute approximate surface area is 191 Å². The van der Waals surface area contributed by atoms with Crippen molar-refractivity contribution in [3.8, 4) is 5.69 Å². The van der Waals surface area contributed by atoms with Crippen LogP contribution >= 0.6 is 0 Å². The summed E-state index contributed by atoms with van der Waals surface area (Å²) in [6.07, 6.45) is 6.57. The lowest BCUT2D eigenvalue weighted by atomic mass is 10.0. The van der Waals surface area contributed by atoms with Gasteiger partial charge in [-0.05, 0) is 43.2 Å². The first kappa shape index (κ1) is 20.7. The van der Waals surface area contributed by atoms with Gasteiger partial charge in [0.25, 0.3) is 0 Å². The molecule has 2 aromatic heterocycles. The van der Waals surface area contributed by atoms with Crippen LogP contribution in [-0.4, -0.2) is 25.9 Å². The lowest BCUT2D eigenvalue weighted by Crippen LogP contribution is -2.11. The summed E-state index contributed by atoms with van der Waals surface area (Å²) in [5, 5.41) is 6.56. The Morgan fingerprint density at radius 2 is 1.76 bits per heavy atom. The summed E-state index contributed by atoms with van der Waals surface area (Å²) in [6, 6.07) is 25.1. The normalized spacial score (nSPS) is 11.8. The Morgan fingerprint density at radius 1 is 0.970 bits per heavy atom. The maximum absolute atomic E-state index is 12.3. The van der Waals surface area contributed by atoms with Crippen LogP contribution in [0.2, 0.25) is 0 Å². The van der Waals surface area contributed by atoms with Crippen molar-refractivity contribution in [1.29, 1.82) is 0 Å². The van der Waals surface area contributed by atoms with E-state index in [9.17, 15) is 4.79 Å². The fourth-order valence-corrected chi connectivity index (χ4v) is 4.10. The number of unbranched alkanes of at least 4 members (excludes halogenated alkanes) is 1. The minimum atomic E-state index is -0.580. The molecule has 0 saturated heterocycles. The van der Waals surface area contributed by atoms with E-state index in [0.29, 0.717) is 0 Å². The molecule has 0 atom stereocenters. The number of fused-ring (bicyclic) bond motifs is 3. The molecule has 0 fully saturated rings. The fraction of sp³-hybridized carbons (Fsp3) is 0.148. The molecule has 5 aromatic rings. The van der Waals surface area contributed by atoms with Crippen LogP contribution in [0.3, 0.4) is 0 Å². The SMILES string of the molecule is CCCCC(=NOC(=O)n1ccnc1)c1ccc2c(c1)c1ccccc1n2-c1ccccc1. The molecular formula is C27H24N4O2. The number of hydrogen-bond donors (Lipinski definition) is 0. The van der Waals surface area contributed by atoms with E-state index in [2.05, 4.69) is 88.4 Å². The van der Waals surface area contributed by atoms with Gasteiger partial charge in [0, 0.05) is 34.4 Å². The molecule has 0 saturated carbocycles. The zero-order valence-electron chi connectivity index (χ0n) is 18.4. The monoisotopic (exact) mass is 436 g/mol. The number of carbonyl (C=O) groups excluding carboxylic acids is 1. The first-order valence-electron chi connectivity index (χ1n) is 11.1. The molecule has 164 valence electrons. The van der Waals surface area contributed by atoms with Crippen molar-refractivity contribution in [1.82, 2.24) is 14.1 Å². The van der Waals surface area contributed by atoms with Crippen LogP contribution < -0.4 is 0 Å². The number of oxime groups is 1. The highest BCUT2D eigenvalue weighted by atomic mass is 16.7. The van der Waals surface area contributed by atoms with E-state index in [1.807, 2.05) is 6.07 Å². The second kappa shape index (κ2) is 9.12. The molecule has 6 nitrogen and oxygen atoms in total. The van der Waals surface area contributed by atoms with Gasteiger partial charge in [-0.2, -0.15) is 0 Å². The van der Waals surface area contributed by atoms with Gasteiger partial charge in [0.05, 0.1) is 16.7 Å². The Bertz CT molecular complexity index is 1430. The van der Waals surface area contributed by atoms with E-state index in [1.54, 1.807) is 0 Å². The van der Waals surface area contributed by atoms with E-state index >= 15 is 0 Å². The van der Waals surface area contributed by atoms with Gasteiger partial charge in [-0.15, -0.1) is 0 Å². The van der Waals surface area contributed by atoms with Crippen LogP contribution in [0, 0.1) is 0 Å². The Balaban J connectivity index is 1.60. The van der Waals surface area contributed by atoms with Gasteiger partial charge in [0.1, 0.15) is 6.33 Å². The fourth-order valence-electron chi connectivity index (χ4n) is 4.10. The minimum absolute atomic E-state index is 0.580. The molecule has 0 aliphatic heterocycles. The first-order valence-corrected chi connectivity index (χ1v) is 11.1. The van der Waals surface area contributed by atoms with Crippen LogP contribution in [0.5, 0.6) is 0 Å². The van der Waals surface area contributed by atoms with Crippen LogP contribution in [0.25, 0.3) is 27.5 Å². The molecule has 3 aromatic carbocycles. The number of hydrogen-bond acceptors (Lipinski definition) is 4. The number of carbonyl (C=O) groups is 1. The lowest BCUT2D eigenvalue weighted by molar-refractivity contribution is 0.152. The van der Waals surface area contributed by atoms with E-state index in [0.717, 1.165) is 52.6 Å². The summed E-state index contributed by atoms with van der Waals surface area (Å²) in [5.74, 6) is 0. The summed E-state index contributed by atoms with van der Waals surface area (Å²) in [5.41, 5.74) is 5.09. The molecule has 0 spiro atoms. The van der Waals surface area contributed by atoms with Crippen molar-refractivity contribution in [2.24, 2.45) is 5.16 Å². The van der Waals surface area contributed by atoms with Gasteiger partial charge in [-0.25, -0.2) is 14.3 Å². The predicted octanol–water partition coefficient (Wildman–Crippen LogP) is 6.56. The summed E-state index contributed by atoms with van der Waals surface area (Å²) >= 11 is 0. The minimum Gasteiger partial charge on any atom is -0.309 e. The van der Waals surface area contributed by atoms with Gasteiger partial charge >= 0.3 is 6.09 Å². The number of imidazole rings is 1. The zero-order chi connectivity index (χ0) is 22.6. The highest BCUT2D eigenvalue weighted by Gasteiger charge is 2.15. The summed E-state index contributed by atoms with van der Waals surface area (Å²) in [4.78, 5) is 21.4. The number of para-hydroxylation sites is 2. The predicted molar refractivity (Wildman–Crippen MR) is 131 cm³/mol. The molecule has 6 heteroatoms. The van der Waals surface area contributed by atoms with Crippen molar-refractivity contribution >= 4 is 33.6 Å². The average Bonchev–Trinajstić information content (AvgIpc) is 3.51. The van der Waals surface area contributed by atoms with Crippen molar-refractivity contribution in [3.05, 3.63) is 97.1 Å². The van der Waals surface area contributed by atoms with E-state index in [4.69, 9.17) is 4.84 Å². The lowest BCUT2D eigenvalue weighted by Gasteiger charge is -2.09. The second-order valence-corrected chi connectivity index (χ2v) is 7.89. The largest absolute Gasteiger partial charge is 0.445 e. The van der Waals surface area contributed by atoms with E-state index in [1.165, 1.54) is 28.7 Å². The third kappa shape index (κ3) is 4.03. The van der Waals surface area contributed by atoms with Crippen molar-refractivity contribution < 1.29 is 9.63 Å². The van der Waals surface area contributed by atoms with Gasteiger partial charge in [-0.1, -0.05) is 61.0 Å². The maximum atomic E-state index is 12.3. The smallest absolute Gasteiger partial charge is 0.309 e. The van der Waals surface area contributed by atoms with Crippen LogP contribution in [-0.2, 0) is 4.84 Å². The Hall–Kier alpha value is -4.19. The Kier molecular flexibility index (Phi) is 5.72. The number of nitrogens with zero attached hydrogens (tertiary/aromatic N) is 4. The van der Waals surface area contributed by atoms with Crippen LogP contribution in [0.15, 0.2) is 96.7 Å². The molecule has 0 N–H and O–H groups in total. The van der Waals surface area contributed by atoms with Crippen LogP contribution in [0.4, 0.5) is 4.79 Å². The van der Waals surface area contributed by atoms with Gasteiger partial charge in [0.2, 0.25) is 0 Å². The molecule has 0 radical (unpaired) electrons. The molecular weight excluding hydrogens is 412 g/mol.